The maximum Gasteiger partial charge on any atom is 0.240 e. The van der Waals surface area contributed by atoms with Crippen molar-refractivity contribution in [1.82, 2.24) is 4.72 Å². The largest absolute Gasteiger partial charge is 0.382 e. The lowest BCUT2D eigenvalue weighted by molar-refractivity contribution is 0.0699. The van der Waals surface area contributed by atoms with Crippen LogP contribution in [0.5, 0.6) is 0 Å². The fraction of sp³-hybridized carbons (Fsp3) is 0.500. The summed E-state index contributed by atoms with van der Waals surface area (Å²) >= 11 is 0. The van der Waals surface area contributed by atoms with Gasteiger partial charge in [0.1, 0.15) is 0 Å². The van der Waals surface area contributed by atoms with Gasteiger partial charge in [-0.3, -0.25) is 0 Å². The molecule has 1 rings (SSSR count). The average molecular weight is 309 g/mol. The first-order valence-electron chi connectivity index (χ1n) is 5.99. The summed E-state index contributed by atoms with van der Waals surface area (Å²) in [5.41, 5.74) is 0. The minimum Gasteiger partial charge on any atom is -0.382 e. The molecule has 0 aromatic heterocycles. The normalized spacial score (nSPS) is 11.8. The van der Waals surface area contributed by atoms with E-state index in [0.29, 0.717) is 32.3 Å². The minimum absolute atomic E-state index is 0.147. The Kier molecular flexibility index (Phi) is 7.00. The Labute approximate surface area is 116 Å². The second-order valence-electron chi connectivity index (χ2n) is 3.93. The zero-order valence-electron chi connectivity index (χ0n) is 11.1. The van der Waals surface area contributed by atoms with E-state index in [1.54, 1.807) is 7.11 Å². The lowest BCUT2D eigenvalue weighted by atomic mass is 10.3. The van der Waals surface area contributed by atoms with Gasteiger partial charge >= 0.3 is 0 Å². The van der Waals surface area contributed by atoms with Crippen LogP contribution in [0, 0.1) is 11.6 Å². The summed E-state index contributed by atoms with van der Waals surface area (Å²) in [6.45, 7) is 1.44. The minimum atomic E-state index is -3.83. The zero-order chi connectivity index (χ0) is 15.0. The van der Waals surface area contributed by atoms with Crippen molar-refractivity contribution in [2.75, 3.05) is 33.5 Å². The van der Waals surface area contributed by atoms with Gasteiger partial charge in [-0.2, -0.15) is 0 Å². The second kappa shape index (κ2) is 8.25. The molecule has 0 radical (unpaired) electrons. The molecule has 8 heteroatoms. The summed E-state index contributed by atoms with van der Waals surface area (Å²) in [6.07, 6.45) is 0.465. The monoisotopic (exact) mass is 309 g/mol. The Morgan fingerprint density at radius 2 is 1.90 bits per heavy atom. The standard InChI is InChI=1S/C12H17F2NO4S/c1-18-7-8-19-6-2-5-15-20(16,17)10-3-4-11(13)12(14)9-10/h3-4,9,15H,2,5-8H2,1H3. The molecule has 0 heterocycles. The zero-order valence-corrected chi connectivity index (χ0v) is 11.9. The molecular formula is C12H17F2NO4S. The van der Waals surface area contributed by atoms with Gasteiger partial charge in [0.15, 0.2) is 11.6 Å². The van der Waals surface area contributed by atoms with Gasteiger partial charge in [0.25, 0.3) is 0 Å². The fourth-order valence-corrected chi connectivity index (χ4v) is 2.44. The van der Waals surface area contributed by atoms with E-state index in [1.165, 1.54) is 0 Å². The van der Waals surface area contributed by atoms with Gasteiger partial charge in [-0.25, -0.2) is 21.9 Å². The molecule has 114 valence electrons. The lowest BCUT2D eigenvalue weighted by Crippen LogP contribution is -2.25. The topological polar surface area (TPSA) is 64.6 Å². The highest BCUT2D eigenvalue weighted by atomic mass is 32.2. The third kappa shape index (κ3) is 5.49. The first kappa shape index (κ1) is 17.0. The summed E-state index contributed by atoms with van der Waals surface area (Å²) in [6, 6.07) is 2.43. The van der Waals surface area contributed by atoms with Crippen molar-refractivity contribution >= 4 is 10.0 Å². The molecule has 0 aliphatic heterocycles. The van der Waals surface area contributed by atoms with Crippen LogP contribution in [-0.2, 0) is 19.5 Å². The van der Waals surface area contributed by atoms with Gasteiger partial charge in [0, 0.05) is 20.3 Å². The van der Waals surface area contributed by atoms with Gasteiger partial charge in [-0.05, 0) is 24.6 Å². The van der Waals surface area contributed by atoms with E-state index < -0.39 is 21.7 Å². The Hall–Kier alpha value is -1.09. The molecule has 0 fully saturated rings. The van der Waals surface area contributed by atoms with E-state index in [2.05, 4.69) is 4.72 Å². The van der Waals surface area contributed by atoms with E-state index in [4.69, 9.17) is 9.47 Å². The van der Waals surface area contributed by atoms with E-state index >= 15 is 0 Å². The molecular weight excluding hydrogens is 292 g/mol. The number of benzene rings is 1. The summed E-state index contributed by atoms with van der Waals surface area (Å²) < 4.78 is 61.5. The van der Waals surface area contributed by atoms with Crippen LogP contribution < -0.4 is 4.72 Å². The second-order valence-corrected chi connectivity index (χ2v) is 5.70. The quantitative estimate of drug-likeness (QED) is 0.698. The predicted molar refractivity (Wildman–Crippen MR) is 68.9 cm³/mol. The van der Waals surface area contributed by atoms with Crippen molar-refractivity contribution in [2.45, 2.75) is 11.3 Å². The average Bonchev–Trinajstić information content (AvgIpc) is 2.40. The first-order valence-corrected chi connectivity index (χ1v) is 7.47. The van der Waals surface area contributed by atoms with Crippen molar-refractivity contribution in [1.29, 1.82) is 0 Å². The predicted octanol–water partition coefficient (Wildman–Crippen LogP) is 1.30. The Balaban J connectivity index is 2.40. The molecule has 1 aromatic rings. The SMILES string of the molecule is COCCOCCCNS(=O)(=O)c1ccc(F)c(F)c1. The number of rotatable bonds is 9. The van der Waals surface area contributed by atoms with Gasteiger partial charge < -0.3 is 9.47 Å². The van der Waals surface area contributed by atoms with Crippen molar-refractivity contribution in [3.05, 3.63) is 29.8 Å². The third-order valence-electron chi connectivity index (χ3n) is 2.39. The maximum atomic E-state index is 13.0. The van der Waals surface area contributed by atoms with Crippen LogP contribution in [0.4, 0.5) is 8.78 Å². The molecule has 5 nitrogen and oxygen atoms in total. The van der Waals surface area contributed by atoms with Crippen LogP contribution in [0.15, 0.2) is 23.1 Å². The summed E-state index contributed by atoms with van der Waals surface area (Å²) in [4.78, 5) is -0.309. The van der Waals surface area contributed by atoms with Crippen molar-refractivity contribution in [3.63, 3.8) is 0 Å². The van der Waals surface area contributed by atoms with E-state index in [9.17, 15) is 17.2 Å². The summed E-state index contributed by atoms with van der Waals surface area (Å²) in [5.74, 6) is -2.29. The number of hydrogen-bond acceptors (Lipinski definition) is 4. The van der Waals surface area contributed by atoms with Crippen molar-refractivity contribution in [3.8, 4) is 0 Å². The number of hydrogen-bond donors (Lipinski definition) is 1. The molecule has 0 saturated carbocycles. The third-order valence-corrected chi connectivity index (χ3v) is 3.85. The Morgan fingerprint density at radius 3 is 2.55 bits per heavy atom. The number of halogens is 2. The Bertz CT molecular complexity index is 522. The molecule has 0 spiro atoms. The number of ether oxygens (including phenoxy) is 2. The highest BCUT2D eigenvalue weighted by molar-refractivity contribution is 7.89. The van der Waals surface area contributed by atoms with Crippen LogP contribution in [-0.4, -0.2) is 41.9 Å². The number of nitrogens with one attached hydrogen (secondary N) is 1. The molecule has 1 N–H and O–H groups in total. The number of methoxy groups -OCH3 is 1. The van der Waals surface area contributed by atoms with E-state index in [-0.39, 0.29) is 11.4 Å². The molecule has 0 unspecified atom stereocenters. The summed E-state index contributed by atoms with van der Waals surface area (Å²) in [5, 5.41) is 0. The van der Waals surface area contributed by atoms with E-state index in [0.717, 1.165) is 12.1 Å². The van der Waals surface area contributed by atoms with Gasteiger partial charge in [-0.1, -0.05) is 0 Å². The molecule has 0 aliphatic carbocycles. The van der Waals surface area contributed by atoms with Crippen LogP contribution in [0.25, 0.3) is 0 Å². The van der Waals surface area contributed by atoms with Gasteiger partial charge in [-0.15, -0.1) is 0 Å². The van der Waals surface area contributed by atoms with Crippen LogP contribution in [0.2, 0.25) is 0 Å². The molecule has 1 aromatic carbocycles. The fourth-order valence-electron chi connectivity index (χ4n) is 1.35. The summed E-state index contributed by atoms with van der Waals surface area (Å²) in [7, 11) is -2.28. The van der Waals surface area contributed by atoms with Crippen molar-refractivity contribution < 1.29 is 26.7 Å². The molecule has 20 heavy (non-hydrogen) atoms. The highest BCUT2D eigenvalue weighted by Crippen LogP contribution is 2.13. The molecule has 0 saturated heterocycles. The molecule has 0 aliphatic rings. The first-order chi connectivity index (χ1) is 9.47. The van der Waals surface area contributed by atoms with Crippen LogP contribution in [0.3, 0.4) is 0 Å². The number of sulfonamides is 1. The smallest absolute Gasteiger partial charge is 0.240 e. The van der Waals surface area contributed by atoms with Crippen LogP contribution in [0.1, 0.15) is 6.42 Å². The lowest BCUT2D eigenvalue weighted by Gasteiger charge is -2.07. The van der Waals surface area contributed by atoms with E-state index in [1.807, 2.05) is 0 Å². The molecule has 0 bridgehead atoms. The van der Waals surface area contributed by atoms with Crippen LogP contribution >= 0.6 is 0 Å². The van der Waals surface area contributed by atoms with Gasteiger partial charge in [0.05, 0.1) is 18.1 Å². The van der Waals surface area contributed by atoms with Crippen molar-refractivity contribution in [2.24, 2.45) is 0 Å². The highest BCUT2D eigenvalue weighted by Gasteiger charge is 2.15. The maximum absolute atomic E-state index is 13.0. The Morgan fingerprint density at radius 1 is 1.15 bits per heavy atom. The molecule has 0 atom stereocenters. The molecule has 0 amide bonds. The van der Waals surface area contributed by atoms with Gasteiger partial charge in [0.2, 0.25) is 10.0 Å².